The summed E-state index contributed by atoms with van der Waals surface area (Å²) in [5.41, 5.74) is 2.30. The number of ketones is 1. The van der Waals surface area contributed by atoms with Gasteiger partial charge in [-0.15, -0.1) is 6.42 Å². The lowest BCUT2D eigenvalue weighted by molar-refractivity contribution is -0.116. The molecule has 2 aromatic rings. The smallest absolute Gasteiger partial charge is 0.156 e. The van der Waals surface area contributed by atoms with E-state index in [1.54, 1.807) is 12.1 Å². The number of hydrogen-bond acceptors (Lipinski definition) is 2. The molecule has 0 atom stereocenters. The first-order chi connectivity index (χ1) is 9.67. The third-order valence-electron chi connectivity index (χ3n) is 2.84. The minimum atomic E-state index is -0.327. The predicted molar refractivity (Wildman–Crippen MR) is 78.0 cm³/mol. The molecule has 100 valence electrons. The third-order valence-corrected chi connectivity index (χ3v) is 2.84. The monoisotopic (exact) mass is 267 g/mol. The van der Waals surface area contributed by atoms with Gasteiger partial charge in [0.2, 0.25) is 0 Å². The van der Waals surface area contributed by atoms with E-state index in [0.717, 1.165) is 11.1 Å². The molecule has 0 amide bonds. The summed E-state index contributed by atoms with van der Waals surface area (Å²) in [5, 5.41) is 2.91. The van der Waals surface area contributed by atoms with Crippen LogP contribution < -0.4 is 5.32 Å². The molecule has 0 aliphatic rings. The molecule has 0 aliphatic heterocycles. The van der Waals surface area contributed by atoms with Crippen molar-refractivity contribution >= 4 is 11.5 Å². The first kappa shape index (κ1) is 13.8. The summed E-state index contributed by atoms with van der Waals surface area (Å²) in [6.07, 6.45) is 5.59. The zero-order chi connectivity index (χ0) is 14.4. The van der Waals surface area contributed by atoms with E-state index in [9.17, 15) is 9.18 Å². The summed E-state index contributed by atoms with van der Waals surface area (Å²) in [6, 6.07) is 13.3. The minimum Gasteiger partial charge on any atom is -0.378 e. The molecule has 0 aliphatic carbocycles. The van der Waals surface area contributed by atoms with Crippen molar-refractivity contribution in [2.75, 3.05) is 11.9 Å². The number of halogens is 1. The number of carbonyl (C=O) groups excluding carboxylic acids is 1. The molecular formula is C17H14FNO. The van der Waals surface area contributed by atoms with Crippen LogP contribution in [0.15, 0.2) is 48.5 Å². The second-order valence-electron chi connectivity index (χ2n) is 4.42. The van der Waals surface area contributed by atoms with Crippen molar-refractivity contribution in [3.63, 3.8) is 0 Å². The molecule has 0 saturated carbocycles. The van der Waals surface area contributed by atoms with E-state index in [1.165, 1.54) is 12.1 Å². The first-order valence-corrected chi connectivity index (χ1v) is 6.24. The van der Waals surface area contributed by atoms with Crippen LogP contribution >= 0.6 is 0 Å². The Kier molecular flexibility index (Phi) is 4.52. The van der Waals surface area contributed by atoms with E-state index in [1.807, 2.05) is 24.3 Å². The molecule has 0 bridgehead atoms. The van der Waals surface area contributed by atoms with Crippen molar-refractivity contribution in [1.29, 1.82) is 0 Å². The molecule has 0 heterocycles. The van der Waals surface area contributed by atoms with E-state index in [0.29, 0.717) is 12.1 Å². The Morgan fingerprint density at radius 3 is 2.60 bits per heavy atom. The number of nitrogens with one attached hydrogen (secondary N) is 1. The molecule has 2 aromatic carbocycles. The molecule has 0 aromatic heterocycles. The average Bonchev–Trinajstić information content (AvgIpc) is 2.46. The van der Waals surface area contributed by atoms with Crippen LogP contribution in [-0.4, -0.2) is 12.3 Å². The number of benzene rings is 2. The topological polar surface area (TPSA) is 29.1 Å². The van der Waals surface area contributed by atoms with E-state index < -0.39 is 0 Å². The van der Waals surface area contributed by atoms with Gasteiger partial charge in [-0.1, -0.05) is 24.1 Å². The molecular weight excluding hydrogens is 253 g/mol. The molecule has 0 spiro atoms. The van der Waals surface area contributed by atoms with Gasteiger partial charge in [-0.25, -0.2) is 4.39 Å². The zero-order valence-electron chi connectivity index (χ0n) is 10.9. The minimum absolute atomic E-state index is 0.0303. The van der Waals surface area contributed by atoms with Crippen molar-refractivity contribution in [2.45, 2.75) is 6.42 Å². The predicted octanol–water partition coefficient (Wildman–Crippen LogP) is 3.03. The van der Waals surface area contributed by atoms with E-state index in [2.05, 4.69) is 11.2 Å². The van der Waals surface area contributed by atoms with Gasteiger partial charge in [0.25, 0.3) is 0 Å². The number of Topliss-reactive ketones (excluding diaryl/α,β-unsaturated/α-hetero) is 1. The second kappa shape index (κ2) is 6.53. The standard InChI is InChI=1S/C17H14FNO/c1-2-13-6-8-14(9-7-13)10-17(20)12-19-16-5-3-4-15(18)11-16/h1,3-9,11,19H,10,12H2. The summed E-state index contributed by atoms with van der Waals surface area (Å²) in [5.74, 6) is 2.23. The number of carbonyl (C=O) groups is 1. The van der Waals surface area contributed by atoms with Crippen molar-refractivity contribution < 1.29 is 9.18 Å². The highest BCUT2D eigenvalue weighted by Crippen LogP contribution is 2.09. The Bertz CT molecular complexity index is 641. The van der Waals surface area contributed by atoms with Gasteiger partial charge in [-0.3, -0.25) is 4.79 Å². The lowest BCUT2D eigenvalue weighted by Gasteiger charge is -2.06. The maximum Gasteiger partial charge on any atom is 0.156 e. The number of hydrogen-bond donors (Lipinski definition) is 1. The number of terminal acetylenes is 1. The number of anilines is 1. The van der Waals surface area contributed by atoms with Crippen LogP contribution in [0.5, 0.6) is 0 Å². The molecule has 2 nitrogen and oxygen atoms in total. The average molecular weight is 267 g/mol. The summed E-state index contributed by atoms with van der Waals surface area (Å²) < 4.78 is 13.0. The Labute approximate surface area is 117 Å². The molecule has 2 rings (SSSR count). The molecule has 1 N–H and O–H groups in total. The second-order valence-corrected chi connectivity index (χ2v) is 4.42. The highest BCUT2D eigenvalue weighted by Gasteiger charge is 2.04. The summed E-state index contributed by atoms with van der Waals surface area (Å²) in [6.45, 7) is 0.167. The van der Waals surface area contributed by atoms with Gasteiger partial charge in [0.05, 0.1) is 6.54 Å². The highest BCUT2D eigenvalue weighted by molar-refractivity contribution is 5.85. The molecule has 0 radical (unpaired) electrons. The summed E-state index contributed by atoms with van der Waals surface area (Å²) in [4.78, 5) is 11.8. The largest absolute Gasteiger partial charge is 0.378 e. The van der Waals surface area contributed by atoms with Gasteiger partial charge < -0.3 is 5.32 Å². The summed E-state index contributed by atoms with van der Waals surface area (Å²) >= 11 is 0. The Hall–Kier alpha value is -2.60. The molecule has 20 heavy (non-hydrogen) atoms. The van der Waals surface area contributed by atoms with Crippen molar-refractivity contribution in [1.82, 2.24) is 0 Å². The third kappa shape index (κ3) is 3.96. The Morgan fingerprint density at radius 1 is 1.20 bits per heavy atom. The maximum atomic E-state index is 13.0. The van der Waals surface area contributed by atoms with Gasteiger partial charge >= 0.3 is 0 Å². The zero-order valence-corrected chi connectivity index (χ0v) is 10.9. The number of rotatable bonds is 5. The quantitative estimate of drug-likeness (QED) is 0.844. The van der Waals surface area contributed by atoms with Crippen LogP contribution in [0.4, 0.5) is 10.1 Å². The molecule has 0 unspecified atom stereocenters. The van der Waals surface area contributed by atoms with Gasteiger partial charge in [-0.2, -0.15) is 0 Å². The lowest BCUT2D eigenvalue weighted by atomic mass is 10.1. The van der Waals surface area contributed by atoms with Crippen LogP contribution in [0, 0.1) is 18.2 Å². The Morgan fingerprint density at radius 2 is 1.95 bits per heavy atom. The van der Waals surface area contributed by atoms with E-state index in [4.69, 9.17) is 6.42 Å². The van der Waals surface area contributed by atoms with Crippen molar-refractivity contribution in [3.8, 4) is 12.3 Å². The molecule has 3 heteroatoms. The van der Waals surface area contributed by atoms with Crippen molar-refractivity contribution in [3.05, 3.63) is 65.5 Å². The van der Waals surface area contributed by atoms with Crippen LogP contribution in [0.25, 0.3) is 0 Å². The summed E-state index contributed by atoms with van der Waals surface area (Å²) in [7, 11) is 0. The SMILES string of the molecule is C#Cc1ccc(CC(=O)CNc2cccc(F)c2)cc1. The fourth-order valence-electron chi connectivity index (χ4n) is 1.81. The fraction of sp³-hybridized carbons (Fsp3) is 0.118. The molecule has 0 saturated heterocycles. The van der Waals surface area contributed by atoms with E-state index in [-0.39, 0.29) is 18.1 Å². The van der Waals surface area contributed by atoms with Gasteiger partial charge in [0.1, 0.15) is 5.82 Å². The Balaban J connectivity index is 1.87. The highest BCUT2D eigenvalue weighted by atomic mass is 19.1. The maximum absolute atomic E-state index is 13.0. The van der Waals surface area contributed by atoms with Crippen LogP contribution in [-0.2, 0) is 11.2 Å². The van der Waals surface area contributed by atoms with Crippen LogP contribution in [0.3, 0.4) is 0 Å². The lowest BCUT2D eigenvalue weighted by Crippen LogP contribution is -2.16. The van der Waals surface area contributed by atoms with Gasteiger partial charge in [0.15, 0.2) is 5.78 Å². The fourth-order valence-corrected chi connectivity index (χ4v) is 1.81. The van der Waals surface area contributed by atoms with Crippen LogP contribution in [0.2, 0.25) is 0 Å². The van der Waals surface area contributed by atoms with Crippen LogP contribution in [0.1, 0.15) is 11.1 Å². The van der Waals surface area contributed by atoms with Gasteiger partial charge in [-0.05, 0) is 35.9 Å². The molecule has 0 fully saturated rings. The van der Waals surface area contributed by atoms with Crippen molar-refractivity contribution in [2.24, 2.45) is 0 Å². The first-order valence-electron chi connectivity index (χ1n) is 6.24. The van der Waals surface area contributed by atoms with Gasteiger partial charge in [0, 0.05) is 17.7 Å². The van der Waals surface area contributed by atoms with E-state index >= 15 is 0 Å². The normalized spacial score (nSPS) is 9.80.